The largest absolute Gasteiger partial charge is 0.334 e. The van der Waals surface area contributed by atoms with Gasteiger partial charge in [0.1, 0.15) is 5.01 Å². The molecule has 104 valence electrons. The van der Waals surface area contributed by atoms with E-state index >= 15 is 0 Å². The molecular weight excluding hydrogens is 270 g/mol. The van der Waals surface area contributed by atoms with Crippen molar-refractivity contribution >= 4 is 27.5 Å². The van der Waals surface area contributed by atoms with Gasteiger partial charge >= 0.3 is 0 Å². The standard InChI is InChI=1S/C15H17N3OS/c19-15-7-10-5-6-11(16-10)8-18(15)9-14-17-12-3-1-2-4-13(12)20-14/h1-4,10-11,16H,5-9H2/t10-,11+/m0/s1. The zero-order chi connectivity index (χ0) is 13.5. The number of hydrogen-bond acceptors (Lipinski definition) is 4. The summed E-state index contributed by atoms with van der Waals surface area (Å²) in [5.41, 5.74) is 1.04. The number of para-hydroxylation sites is 1. The van der Waals surface area contributed by atoms with Crippen molar-refractivity contribution in [1.29, 1.82) is 0 Å². The molecule has 0 spiro atoms. The van der Waals surface area contributed by atoms with Gasteiger partial charge in [0.15, 0.2) is 0 Å². The van der Waals surface area contributed by atoms with E-state index in [1.807, 2.05) is 23.1 Å². The van der Waals surface area contributed by atoms with Crippen molar-refractivity contribution in [3.63, 3.8) is 0 Å². The van der Waals surface area contributed by atoms with E-state index in [1.165, 1.54) is 11.1 Å². The number of thiazole rings is 1. The van der Waals surface area contributed by atoms with Gasteiger partial charge in [0.25, 0.3) is 0 Å². The molecule has 0 aliphatic carbocycles. The predicted octanol–water partition coefficient (Wildman–Crippen LogP) is 2.15. The molecule has 1 N–H and O–H groups in total. The smallest absolute Gasteiger partial charge is 0.224 e. The van der Waals surface area contributed by atoms with Gasteiger partial charge in [-0.3, -0.25) is 4.79 Å². The Kier molecular flexibility index (Phi) is 2.97. The Morgan fingerprint density at radius 1 is 1.30 bits per heavy atom. The molecule has 0 saturated carbocycles. The molecule has 2 saturated heterocycles. The number of carbonyl (C=O) groups is 1. The van der Waals surface area contributed by atoms with E-state index in [9.17, 15) is 4.79 Å². The summed E-state index contributed by atoms with van der Waals surface area (Å²) in [5.74, 6) is 0.268. The number of rotatable bonds is 2. The highest BCUT2D eigenvalue weighted by Gasteiger charge is 2.33. The first-order valence-corrected chi connectivity index (χ1v) is 7.98. The van der Waals surface area contributed by atoms with Gasteiger partial charge in [0, 0.05) is 25.0 Å². The summed E-state index contributed by atoms with van der Waals surface area (Å²) in [5, 5.41) is 4.59. The normalized spacial score (nSPS) is 26.2. The van der Waals surface area contributed by atoms with Crippen LogP contribution in [0.2, 0.25) is 0 Å². The third-order valence-corrected chi connectivity index (χ3v) is 5.23. The van der Waals surface area contributed by atoms with Crippen molar-refractivity contribution in [2.24, 2.45) is 0 Å². The van der Waals surface area contributed by atoms with Gasteiger partial charge in [0.05, 0.1) is 16.8 Å². The maximum atomic E-state index is 12.3. The van der Waals surface area contributed by atoms with Crippen molar-refractivity contribution in [3.05, 3.63) is 29.3 Å². The molecule has 0 unspecified atom stereocenters. The summed E-state index contributed by atoms with van der Waals surface area (Å²) < 4.78 is 1.20. The van der Waals surface area contributed by atoms with Crippen LogP contribution in [-0.4, -0.2) is 34.4 Å². The van der Waals surface area contributed by atoms with Crippen LogP contribution < -0.4 is 5.32 Å². The molecule has 2 bridgehead atoms. The summed E-state index contributed by atoms with van der Waals surface area (Å²) in [4.78, 5) is 18.9. The van der Waals surface area contributed by atoms with Crippen LogP contribution in [0.25, 0.3) is 10.2 Å². The third-order valence-electron chi connectivity index (χ3n) is 4.21. The number of hydrogen-bond donors (Lipinski definition) is 1. The molecule has 1 aromatic carbocycles. The van der Waals surface area contributed by atoms with E-state index in [4.69, 9.17) is 0 Å². The second kappa shape index (κ2) is 4.82. The molecule has 1 amide bonds. The van der Waals surface area contributed by atoms with Crippen LogP contribution in [0.4, 0.5) is 0 Å². The summed E-state index contributed by atoms with van der Waals surface area (Å²) in [6.45, 7) is 1.48. The number of aromatic nitrogens is 1. The summed E-state index contributed by atoms with van der Waals surface area (Å²) in [7, 11) is 0. The molecule has 2 atom stereocenters. The third kappa shape index (κ3) is 2.21. The first kappa shape index (κ1) is 12.3. The minimum Gasteiger partial charge on any atom is -0.334 e. The SMILES string of the molecule is O=C1C[C@@H]2CC[C@H](CN1Cc1nc3ccccc3s1)N2. The number of likely N-dealkylation sites (tertiary alicyclic amines) is 1. The van der Waals surface area contributed by atoms with Gasteiger partial charge in [-0.05, 0) is 25.0 Å². The average molecular weight is 287 g/mol. The highest BCUT2D eigenvalue weighted by atomic mass is 32.1. The van der Waals surface area contributed by atoms with Crippen molar-refractivity contribution in [2.75, 3.05) is 6.54 Å². The zero-order valence-electron chi connectivity index (χ0n) is 11.2. The second-order valence-corrected chi connectivity index (χ2v) is 6.81. The molecule has 4 rings (SSSR count). The number of carbonyl (C=O) groups excluding carboxylic acids is 1. The molecule has 1 aromatic heterocycles. The minimum atomic E-state index is 0.268. The van der Waals surface area contributed by atoms with Crippen LogP contribution >= 0.6 is 11.3 Å². The zero-order valence-corrected chi connectivity index (χ0v) is 12.0. The maximum Gasteiger partial charge on any atom is 0.224 e. The number of fused-ring (bicyclic) bond motifs is 3. The fourth-order valence-electron chi connectivity index (χ4n) is 3.22. The first-order valence-electron chi connectivity index (χ1n) is 7.16. The maximum absolute atomic E-state index is 12.3. The lowest BCUT2D eigenvalue weighted by atomic mass is 10.1. The topological polar surface area (TPSA) is 45.2 Å². The molecule has 20 heavy (non-hydrogen) atoms. The monoisotopic (exact) mass is 287 g/mol. The Bertz CT molecular complexity index is 620. The van der Waals surface area contributed by atoms with E-state index in [2.05, 4.69) is 16.4 Å². The van der Waals surface area contributed by atoms with Gasteiger partial charge < -0.3 is 10.2 Å². The minimum absolute atomic E-state index is 0.268. The predicted molar refractivity (Wildman–Crippen MR) is 79.6 cm³/mol. The average Bonchev–Trinajstić information content (AvgIpc) is 2.99. The molecule has 2 aromatic rings. The van der Waals surface area contributed by atoms with Crippen LogP contribution in [0.5, 0.6) is 0 Å². The molecule has 4 nitrogen and oxygen atoms in total. The second-order valence-electron chi connectivity index (χ2n) is 5.69. The lowest BCUT2D eigenvalue weighted by Crippen LogP contribution is -2.37. The first-order chi connectivity index (χ1) is 9.78. The van der Waals surface area contributed by atoms with Crippen molar-refractivity contribution in [1.82, 2.24) is 15.2 Å². The van der Waals surface area contributed by atoms with Crippen LogP contribution in [0.1, 0.15) is 24.3 Å². The van der Waals surface area contributed by atoms with Crippen LogP contribution in [-0.2, 0) is 11.3 Å². The summed E-state index contributed by atoms with van der Waals surface area (Å²) >= 11 is 1.69. The van der Waals surface area contributed by atoms with Gasteiger partial charge in [0.2, 0.25) is 5.91 Å². The van der Waals surface area contributed by atoms with Crippen molar-refractivity contribution < 1.29 is 4.79 Å². The highest BCUT2D eigenvalue weighted by molar-refractivity contribution is 7.18. The summed E-state index contributed by atoms with van der Waals surface area (Å²) in [6, 6.07) is 9.03. The molecule has 2 aliphatic rings. The molecule has 2 aliphatic heterocycles. The number of amides is 1. The number of benzene rings is 1. The molecule has 5 heteroatoms. The molecular formula is C15H17N3OS. The lowest BCUT2D eigenvalue weighted by Gasteiger charge is -2.23. The van der Waals surface area contributed by atoms with Crippen molar-refractivity contribution in [3.8, 4) is 0 Å². The molecule has 2 fully saturated rings. The van der Waals surface area contributed by atoms with Crippen LogP contribution in [0.3, 0.4) is 0 Å². The summed E-state index contributed by atoms with van der Waals surface area (Å²) in [6.07, 6.45) is 2.97. The van der Waals surface area contributed by atoms with Crippen LogP contribution in [0.15, 0.2) is 24.3 Å². The Balaban J connectivity index is 1.56. The Hall–Kier alpha value is -1.46. The fraction of sp³-hybridized carbons (Fsp3) is 0.467. The number of nitrogens with one attached hydrogen (secondary N) is 1. The lowest BCUT2D eigenvalue weighted by molar-refractivity contribution is -0.131. The van der Waals surface area contributed by atoms with Crippen LogP contribution in [0, 0.1) is 0 Å². The van der Waals surface area contributed by atoms with Crippen molar-refractivity contribution in [2.45, 2.75) is 37.9 Å². The molecule has 0 radical (unpaired) electrons. The molecule has 3 heterocycles. The van der Waals surface area contributed by atoms with E-state index in [1.54, 1.807) is 11.3 Å². The van der Waals surface area contributed by atoms with Gasteiger partial charge in [-0.15, -0.1) is 11.3 Å². The van der Waals surface area contributed by atoms with E-state index in [0.29, 0.717) is 25.0 Å². The quantitative estimate of drug-likeness (QED) is 0.920. The fourth-order valence-corrected chi connectivity index (χ4v) is 4.20. The van der Waals surface area contributed by atoms with E-state index < -0.39 is 0 Å². The van der Waals surface area contributed by atoms with Gasteiger partial charge in [-0.1, -0.05) is 12.1 Å². The Morgan fingerprint density at radius 2 is 2.15 bits per heavy atom. The highest BCUT2D eigenvalue weighted by Crippen LogP contribution is 2.26. The van der Waals surface area contributed by atoms with Gasteiger partial charge in [-0.25, -0.2) is 4.98 Å². The Morgan fingerprint density at radius 3 is 3.05 bits per heavy atom. The van der Waals surface area contributed by atoms with E-state index in [0.717, 1.165) is 23.5 Å². The van der Waals surface area contributed by atoms with E-state index in [-0.39, 0.29) is 5.91 Å². The van der Waals surface area contributed by atoms with Gasteiger partial charge in [-0.2, -0.15) is 0 Å². The number of nitrogens with zero attached hydrogens (tertiary/aromatic N) is 2. The Labute approximate surface area is 121 Å².